The Kier molecular flexibility index (Phi) is 14.8. The van der Waals surface area contributed by atoms with E-state index in [4.69, 9.17) is 9.96 Å². The van der Waals surface area contributed by atoms with Crippen molar-refractivity contribution < 1.29 is 26.2 Å². The van der Waals surface area contributed by atoms with Crippen molar-refractivity contribution in [2.24, 2.45) is 17.8 Å². The van der Waals surface area contributed by atoms with Gasteiger partial charge in [0.1, 0.15) is 0 Å². The van der Waals surface area contributed by atoms with Crippen LogP contribution in [0.5, 0.6) is 0 Å². The van der Waals surface area contributed by atoms with Crippen molar-refractivity contribution in [2.45, 2.75) is 58.0 Å². The molecule has 6 heteroatoms. The Balaban J connectivity index is -0.000000740. The summed E-state index contributed by atoms with van der Waals surface area (Å²) in [5, 5.41) is 3.50. The average Bonchev–Trinajstić information content (AvgIpc) is 2.65. The zero-order chi connectivity index (χ0) is 17.0. The summed E-state index contributed by atoms with van der Waals surface area (Å²) >= 11 is 0. The Hall–Kier alpha value is 1.20. The molecule has 3 nitrogen and oxygen atoms in total. The summed E-state index contributed by atoms with van der Waals surface area (Å²) in [7, 11) is 4.63. The molecule has 1 fully saturated rings. The van der Waals surface area contributed by atoms with Crippen LogP contribution in [0, 0.1) is 25.2 Å². The number of rotatable bonds is 4. The zero-order valence-corrected chi connectivity index (χ0v) is 22.2. The Bertz CT molecular complexity index is 286. The quantitative estimate of drug-likeness (QED) is 0.377. The van der Waals surface area contributed by atoms with E-state index in [-0.39, 0.29) is 33.6 Å². The van der Waals surface area contributed by atoms with Crippen LogP contribution in [-0.4, -0.2) is 44.7 Å². The fourth-order valence-corrected chi connectivity index (χ4v) is 12.8. The van der Waals surface area contributed by atoms with Crippen molar-refractivity contribution in [3.8, 4) is 0 Å². The van der Waals surface area contributed by atoms with Crippen molar-refractivity contribution in [3.05, 3.63) is 22.7 Å². The molecule has 0 aromatic rings. The van der Waals surface area contributed by atoms with Crippen molar-refractivity contribution in [1.29, 1.82) is 0 Å². The third-order valence-electron chi connectivity index (χ3n) is 5.96. The first kappa shape index (κ1) is 29.0. The van der Waals surface area contributed by atoms with Crippen LogP contribution in [0.2, 0.25) is 37.3 Å². The van der Waals surface area contributed by atoms with Gasteiger partial charge in [0.15, 0.2) is 0 Å². The minimum Gasteiger partial charge on any atom is -0.668 e. The van der Waals surface area contributed by atoms with Gasteiger partial charge in [-0.2, -0.15) is 28.2 Å². The van der Waals surface area contributed by atoms with Crippen LogP contribution >= 0.6 is 0 Å². The SMILES string of the molecule is C[N-]C.C[N-][Si](C)(C)C1C(C)C(C)C(C)C1[Si](C)(C)[N-]C.[CH3-].[Zr+4]. The summed E-state index contributed by atoms with van der Waals surface area (Å²) in [6, 6.07) is 0. The number of hydrogen-bond acceptors (Lipinski definition) is 0. The molecular formula is C17H41N3Si2Zr. The summed E-state index contributed by atoms with van der Waals surface area (Å²) in [4.78, 5) is 9.68. The fraction of sp³-hybridized carbons (Fsp3) is 0.941. The van der Waals surface area contributed by atoms with Gasteiger partial charge in [0.25, 0.3) is 0 Å². The molecule has 0 heterocycles. The smallest absolute Gasteiger partial charge is 0.668 e. The summed E-state index contributed by atoms with van der Waals surface area (Å²) in [6.07, 6.45) is 0. The van der Waals surface area contributed by atoms with Gasteiger partial charge in [-0.3, -0.25) is 0 Å². The monoisotopic (exact) mass is 433 g/mol. The Morgan fingerprint density at radius 2 is 0.826 bits per heavy atom. The second-order valence-electron chi connectivity index (χ2n) is 7.83. The van der Waals surface area contributed by atoms with Crippen molar-refractivity contribution in [1.82, 2.24) is 0 Å². The van der Waals surface area contributed by atoms with Crippen LogP contribution in [-0.2, 0) is 26.2 Å². The maximum Gasteiger partial charge on any atom is 4.00 e. The maximum absolute atomic E-state index is 4.84. The molecule has 1 rings (SSSR count). The molecule has 0 bridgehead atoms. The molecule has 0 saturated heterocycles. The van der Waals surface area contributed by atoms with Gasteiger partial charge < -0.3 is 22.7 Å². The van der Waals surface area contributed by atoms with Gasteiger partial charge in [-0.05, 0) is 17.8 Å². The van der Waals surface area contributed by atoms with Gasteiger partial charge in [-0.15, -0.1) is 0 Å². The van der Waals surface area contributed by atoms with Crippen LogP contribution in [0.15, 0.2) is 0 Å². The molecule has 136 valence electrons. The molecule has 0 spiro atoms. The third kappa shape index (κ3) is 6.78. The molecule has 0 aromatic heterocycles. The molecule has 4 unspecified atom stereocenters. The molecule has 4 atom stereocenters. The van der Waals surface area contributed by atoms with Crippen molar-refractivity contribution in [2.75, 3.05) is 28.2 Å². The van der Waals surface area contributed by atoms with E-state index in [1.54, 1.807) is 14.1 Å². The first-order valence-corrected chi connectivity index (χ1v) is 14.3. The standard InChI is InChI=1S/C14H32N2Si2.C2H6N.CH3.Zr/c1-10-11(2)13(17(6,7)15-4)14(12(10)3)18(8,9)16-5;1-3-2;;/h10-14H,1-9H3;1-2H3;1H3;/q-2;2*-1;+4. The predicted octanol–water partition coefficient (Wildman–Crippen LogP) is 6.13. The van der Waals surface area contributed by atoms with Gasteiger partial charge in [-0.25, -0.2) is 0 Å². The van der Waals surface area contributed by atoms with Crippen molar-refractivity contribution in [3.63, 3.8) is 0 Å². The Morgan fingerprint density at radius 1 is 0.609 bits per heavy atom. The van der Waals surface area contributed by atoms with E-state index >= 15 is 0 Å². The van der Waals surface area contributed by atoms with Crippen LogP contribution in [0.3, 0.4) is 0 Å². The van der Waals surface area contributed by atoms with E-state index in [9.17, 15) is 0 Å². The molecule has 0 aromatic carbocycles. The third-order valence-corrected chi connectivity index (χ3v) is 13.6. The van der Waals surface area contributed by atoms with Gasteiger partial charge >= 0.3 is 26.2 Å². The topological polar surface area (TPSA) is 42.3 Å². The van der Waals surface area contributed by atoms with E-state index in [1.807, 2.05) is 14.1 Å². The van der Waals surface area contributed by atoms with E-state index in [0.717, 1.165) is 28.8 Å². The predicted molar refractivity (Wildman–Crippen MR) is 110 cm³/mol. The van der Waals surface area contributed by atoms with E-state index < -0.39 is 16.5 Å². The molecule has 0 N–H and O–H groups in total. The molecule has 0 aliphatic heterocycles. The normalized spacial score (nSPS) is 30.7. The molecule has 1 aliphatic rings. The van der Waals surface area contributed by atoms with Gasteiger partial charge in [0, 0.05) is 0 Å². The van der Waals surface area contributed by atoms with Gasteiger partial charge in [0.05, 0.1) is 0 Å². The Labute approximate surface area is 168 Å². The number of nitrogens with zero attached hydrogens (tertiary/aromatic N) is 3. The molecular weight excluding hydrogens is 394 g/mol. The molecule has 1 saturated carbocycles. The molecule has 0 radical (unpaired) electrons. The van der Waals surface area contributed by atoms with E-state index in [2.05, 4.69) is 52.3 Å². The first-order valence-electron chi connectivity index (χ1n) is 8.21. The summed E-state index contributed by atoms with van der Waals surface area (Å²) < 4.78 is 0. The average molecular weight is 435 g/mol. The fourth-order valence-electron chi connectivity index (χ4n) is 4.25. The summed E-state index contributed by atoms with van der Waals surface area (Å²) in [5.41, 5.74) is 1.63. The summed E-state index contributed by atoms with van der Waals surface area (Å²) in [5.74, 6) is 2.44. The van der Waals surface area contributed by atoms with Crippen molar-refractivity contribution >= 4 is 16.5 Å². The zero-order valence-electron chi connectivity index (χ0n) is 17.7. The van der Waals surface area contributed by atoms with Gasteiger partial charge in [0.2, 0.25) is 0 Å². The molecule has 0 amide bonds. The molecule has 1 aliphatic carbocycles. The maximum atomic E-state index is 4.84. The molecule has 23 heavy (non-hydrogen) atoms. The Morgan fingerprint density at radius 3 is 1.00 bits per heavy atom. The largest absolute Gasteiger partial charge is 4.00 e. The van der Waals surface area contributed by atoms with Crippen LogP contribution in [0.1, 0.15) is 20.8 Å². The first-order chi connectivity index (χ1) is 9.51. The van der Waals surface area contributed by atoms with Gasteiger partial charge in [-0.1, -0.05) is 74.5 Å². The second kappa shape index (κ2) is 11.7. The van der Waals surface area contributed by atoms with E-state index in [1.165, 1.54) is 0 Å². The minimum absolute atomic E-state index is 0. The second-order valence-corrected chi connectivity index (χ2v) is 16.7. The number of hydrogen-bond donors (Lipinski definition) is 0. The van der Waals surface area contributed by atoms with Crippen LogP contribution < -0.4 is 0 Å². The van der Waals surface area contributed by atoms with E-state index in [0.29, 0.717) is 0 Å². The van der Waals surface area contributed by atoms with Crippen LogP contribution in [0.25, 0.3) is 15.3 Å². The van der Waals surface area contributed by atoms with Crippen LogP contribution in [0.4, 0.5) is 0 Å². The minimum atomic E-state index is -1.48. The summed E-state index contributed by atoms with van der Waals surface area (Å²) in [6.45, 7) is 17.2.